The van der Waals surface area contributed by atoms with Crippen molar-refractivity contribution in [1.82, 2.24) is 15.5 Å². The fourth-order valence-electron chi connectivity index (χ4n) is 1.83. The Kier molecular flexibility index (Phi) is 5.28. The predicted octanol–water partition coefficient (Wildman–Crippen LogP) is 0.946. The molecular formula is C11H16F3N3O. The average Bonchev–Trinajstić information content (AvgIpc) is 2.63. The molecule has 2 amide bonds. The van der Waals surface area contributed by atoms with Crippen LogP contribution in [0.25, 0.3) is 0 Å². The minimum absolute atomic E-state index is 0.224. The molecule has 0 saturated carbocycles. The number of hydrogen-bond donors (Lipinski definition) is 2. The van der Waals surface area contributed by atoms with Crippen molar-refractivity contribution in [3.05, 3.63) is 0 Å². The Morgan fingerprint density at radius 3 is 2.83 bits per heavy atom. The third kappa shape index (κ3) is 5.77. The standard InChI is InChI=1S/C11H16F3N3O/c1-2-3-5-15-10(18)16-9-4-6-17(7-9)8-11(12,13)14/h1,9H,3-8H2,(H2,15,16,18). The van der Waals surface area contributed by atoms with E-state index in [0.29, 0.717) is 25.9 Å². The predicted molar refractivity (Wildman–Crippen MR) is 60.9 cm³/mol. The molecule has 18 heavy (non-hydrogen) atoms. The van der Waals surface area contributed by atoms with E-state index in [4.69, 9.17) is 6.42 Å². The molecule has 1 unspecified atom stereocenters. The van der Waals surface area contributed by atoms with E-state index < -0.39 is 12.7 Å². The van der Waals surface area contributed by atoms with Crippen molar-refractivity contribution >= 4 is 6.03 Å². The molecule has 1 fully saturated rings. The van der Waals surface area contributed by atoms with Crippen molar-refractivity contribution in [2.24, 2.45) is 0 Å². The molecule has 1 saturated heterocycles. The fourth-order valence-corrected chi connectivity index (χ4v) is 1.83. The molecule has 0 aromatic heterocycles. The van der Waals surface area contributed by atoms with Crippen LogP contribution in [0.4, 0.5) is 18.0 Å². The molecule has 4 nitrogen and oxygen atoms in total. The second-order valence-electron chi connectivity index (χ2n) is 4.19. The van der Waals surface area contributed by atoms with Gasteiger partial charge < -0.3 is 10.6 Å². The number of halogens is 3. The van der Waals surface area contributed by atoms with Gasteiger partial charge in [0.15, 0.2) is 0 Å². The molecule has 0 aromatic rings. The number of amides is 2. The lowest BCUT2D eigenvalue weighted by molar-refractivity contribution is -0.143. The number of hydrogen-bond acceptors (Lipinski definition) is 2. The maximum atomic E-state index is 12.1. The van der Waals surface area contributed by atoms with Crippen LogP contribution in [0.1, 0.15) is 12.8 Å². The second kappa shape index (κ2) is 6.50. The van der Waals surface area contributed by atoms with E-state index in [1.807, 2.05) is 0 Å². The minimum atomic E-state index is -4.19. The van der Waals surface area contributed by atoms with Crippen LogP contribution in [0.2, 0.25) is 0 Å². The molecular weight excluding hydrogens is 247 g/mol. The Balaban J connectivity index is 2.22. The third-order valence-electron chi connectivity index (χ3n) is 2.57. The number of nitrogens with zero attached hydrogens (tertiary/aromatic N) is 1. The first kappa shape index (κ1) is 14.6. The number of carbonyl (C=O) groups excluding carboxylic acids is 1. The molecule has 1 heterocycles. The summed E-state index contributed by atoms with van der Waals surface area (Å²) in [6, 6.07) is -0.623. The number of alkyl halides is 3. The van der Waals surface area contributed by atoms with Gasteiger partial charge in [0.1, 0.15) is 0 Å². The van der Waals surface area contributed by atoms with Gasteiger partial charge in [-0.3, -0.25) is 4.90 Å². The highest BCUT2D eigenvalue weighted by atomic mass is 19.4. The van der Waals surface area contributed by atoms with Gasteiger partial charge in [0.25, 0.3) is 0 Å². The van der Waals surface area contributed by atoms with Gasteiger partial charge in [-0.15, -0.1) is 12.3 Å². The smallest absolute Gasteiger partial charge is 0.337 e. The summed E-state index contributed by atoms with van der Waals surface area (Å²) in [6.45, 7) is 0.00208. The van der Waals surface area contributed by atoms with Gasteiger partial charge in [-0.25, -0.2) is 4.79 Å². The first-order chi connectivity index (χ1) is 8.40. The monoisotopic (exact) mass is 263 g/mol. The lowest BCUT2D eigenvalue weighted by Gasteiger charge is -2.18. The molecule has 1 aliphatic heterocycles. The van der Waals surface area contributed by atoms with Crippen molar-refractivity contribution in [1.29, 1.82) is 0 Å². The molecule has 1 aliphatic rings. The van der Waals surface area contributed by atoms with Crippen molar-refractivity contribution in [2.45, 2.75) is 25.1 Å². The van der Waals surface area contributed by atoms with Crippen molar-refractivity contribution in [2.75, 3.05) is 26.2 Å². The van der Waals surface area contributed by atoms with Gasteiger partial charge in [0, 0.05) is 32.1 Å². The summed E-state index contributed by atoms with van der Waals surface area (Å²) in [6.07, 6.45) is 1.79. The number of urea groups is 1. The number of terminal acetylenes is 1. The number of carbonyl (C=O) groups is 1. The molecule has 1 rings (SSSR count). The van der Waals surface area contributed by atoms with Crippen molar-refractivity contribution in [3.8, 4) is 12.3 Å². The summed E-state index contributed by atoms with van der Waals surface area (Å²) in [5.41, 5.74) is 0. The largest absolute Gasteiger partial charge is 0.401 e. The van der Waals surface area contributed by atoms with Gasteiger partial charge in [-0.2, -0.15) is 13.2 Å². The van der Waals surface area contributed by atoms with Crippen LogP contribution >= 0.6 is 0 Å². The Morgan fingerprint density at radius 2 is 2.22 bits per heavy atom. The number of nitrogens with one attached hydrogen (secondary N) is 2. The van der Waals surface area contributed by atoms with Gasteiger partial charge in [0.05, 0.1) is 6.54 Å². The molecule has 0 aliphatic carbocycles. The minimum Gasteiger partial charge on any atom is -0.337 e. The molecule has 0 spiro atoms. The molecule has 7 heteroatoms. The zero-order chi connectivity index (χ0) is 13.6. The summed E-state index contributed by atoms with van der Waals surface area (Å²) in [7, 11) is 0. The van der Waals surface area contributed by atoms with E-state index in [2.05, 4.69) is 16.6 Å². The Labute approximate surface area is 104 Å². The summed E-state index contributed by atoms with van der Waals surface area (Å²) >= 11 is 0. The van der Waals surface area contributed by atoms with Gasteiger partial charge in [-0.1, -0.05) is 0 Å². The highest BCUT2D eigenvalue weighted by molar-refractivity contribution is 5.74. The summed E-state index contributed by atoms with van der Waals surface area (Å²) in [4.78, 5) is 12.6. The van der Waals surface area contributed by atoms with E-state index in [1.54, 1.807) is 0 Å². The van der Waals surface area contributed by atoms with Crippen LogP contribution in [0.3, 0.4) is 0 Å². The summed E-state index contributed by atoms with van der Waals surface area (Å²) in [5.74, 6) is 2.37. The SMILES string of the molecule is C#CCCNC(=O)NC1CCN(CC(F)(F)F)C1. The normalized spacial score (nSPS) is 20.4. The molecule has 102 valence electrons. The van der Waals surface area contributed by atoms with Crippen LogP contribution < -0.4 is 10.6 Å². The van der Waals surface area contributed by atoms with Crippen molar-refractivity contribution in [3.63, 3.8) is 0 Å². The zero-order valence-corrected chi connectivity index (χ0v) is 9.89. The first-order valence-electron chi connectivity index (χ1n) is 5.67. The van der Waals surface area contributed by atoms with Crippen LogP contribution in [0.5, 0.6) is 0 Å². The maximum absolute atomic E-state index is 12.1. The van der Waals surface area contributed by atoms with E-state index in [9.17, 15) is 18.0 Å². The highest BCUT2D eigenvalue weighted by Crippen LogP contribution is 2.19. The molecule has 0 radical (unpaired) electrons. The molecule has 2 N–H and O–H groups in total. The second-order valence-corrected chi connectivity index (χ2v) is 4.19. The number of likely N-dealkylation sites (tertiary alicyclic amines) is 1. The van der Waals surface area contributed by atoms with Gasteiger partial charge in [-0.05, 0) is 6.42 Å². The Morgan fingerprint density at radius 1 is 1.50 bits per heavy atom. The van der Waals surface area contributed by atoms with E-state index in [-0.39, 0.29) is 18.6 Å². The number of rotatable bonds is 4. The highest BCUT2D eigenvalue weighted by Gasteiger charge is 2.34. The molecule has 1 atom stereocenters. The van der Waals surface area contributed by atoms with Crippen molar-refractivity contribution < 1.29 is 18.0 Å². The summed E-state index contributed by atoms with van der Waals surface area (Å²) in [5, 5.41) is 5.17. The summed E-state index contributed by atoms with van der Waals surface area (Å²) < 4.78 is 36.4. The van der Waals surface area contributed by atoms with E-state index in [1.165, 1.54) is 4.90 Å². The van der Waals surface area contributed by atoms with E-state index in [0.717, 1.165) is 0 Å². The van der Waals surface area contributed by atoms with Crippen LogP contribution in [-0.2, 0) is 0 Å². The molecule has 0 aromatic carbocycles. The lowest BCUT2D eigenvalue weighted by atomic mass is 10.3. The average molecular weight is 263 g/mol. The Bertz CT molecular complexity index is 324. The molecule has 0 bridgehead atoms. The van der Waals surface area contributed by atoms with Gasteiger partial charge in [0.2, 0.25) is 0 Å². The lowest BCUT2D eigenvalue weighted by Crippen LogP contribution is -2.44. The van der Waals surface area contributed by atoms with Crippen LogP contribution in [0, 0.1) is 12.3 Å². The first-order valence-corrected chi connectivity index (χ1v) is 5.67. The quantitative estimate of drug-likeness (QED) is 0.586. The van der Waals surface area contributed by atoms with Gasteiger partial charge >= 0.3 is 12.2 Å². The third-order valence-corrected chi connectivity index (χ3v) is 2.57. The van der Waals surface area contributed by atoms with E-state index >= 15 is 0 Å². The fraction of sp³-hybridized carbons (Fsp3) is 0.727. The maximum Gasteiger partial charge on any atom is 0.401 e. The van der Waals surface area contributed by atoms with Crippen LogP contribution in [-0.4, -0.2) is 49.3 Å². The zero-order valence-electron chi connectivity index (χ0n) is 9.89. The van der Waals surface area contributed by atoms with Crippen LogP contribution in [0.15, 0.2) is 0 Å². The Hall–Kier alpha value is -1.42. The topological polar surface area (TPSA) is 44.4 Å².